The molecule has 1 aromatic rings. The number of hydrogen-bond acceptors (Lipinski definition) is 3. The molecule has 0 aliphatic heterocycles. The van der Waals surface area contributed by atoms with Crippen LogP contribution in [0.3, 0.4) is 0 Å². The molecular formula is C12H18FN3O. The van der Waals surface area contributed by atoms with Crippen LogP contribution in [-0.4, -0.2) is 35.4 Å². The van der Waals surface area contributed by atoms with Crippen LogP contribution in [0.15, 0.2) is 18.5 Å². The number of nitrogens with two attached hydrogens (primary N) is 1. The zero-order valence-electron chi connectivity index (χ0n) is 10.0. The minimum Gasteiger partial charge on any atom is -0.337 e. The molecule has 0 aliphatic carbocycles. The summed E-state index contributed by atoms with van der Waals surface area (Å²) in [4.78, 5) is 17.3. The van der Waals surface area contributed by atoms with Crippen molar-refractivity contribution in [1.29, 1.82) is 0 Å². The van der Waals surface area contributed by atoms with E-state index in [4.69, 9.17) is 5.73 Å². The van der Waals surface area contributed by atoms with Gasteiger partial charge in [-0.2, -0.15) is 0 Å². The summed E-state index contributed by atoms with van der Waals surface area (Å²) in [7, 11) is 0. The monoisotopic (exact) mass is 239 g/mol. The topological polar surface area (TPSA) is 59.2 Å². The molecule has 0 spiro atoms. The second kappa shape index (κ2) is 6.96. The molecule has 0 saturated heterocycles. The van der Waals surface area contributed by atoms with Crippen molar-refractivity contribution in [2.75, 3.05) is 19.6 Å². The summed E-state index contributed by atoms with van der Waals surface area (Å²) in [5.74, 6) is -0.903. The number of unbranched alkanes of at least 4 members (excludes halogenated alkanes) is 1. The fourth-order valence-electron chi connectivity index (χ4n) is 1.54. The van der Waals surface area contributed by atoms with E-state index in [2.05, 4.69) is 4.98 Å². The van der Waals surface area contributed by atoms with Crippen molar-refractivity contribution in [2.24, 2.45) is 5.73 Å². The molecule has 0 fully saturated rings. The molecule has 1 amide bonds. The lowest BCUT2D eigenvalue weighted by Gasteiger charge is -2.21. The standard InChI is InChI=1S/C12H18FN3O/c1-2-3-7-16(8-5-14)12(17)10-4-6-15-9-11(10)13/h4,6,9H,2-3,5,7-8,14H2,1H3. The summed E-state index contributed by atoms with van der Waals surface area (Å²) in [5.41, 5.74) is 5.51. The van der Waals surface area contributed by atoms with Crippen LogP contribution >= 0.6 is 0 Å². The Morgan fingerprint density at radius 2 is 2.29 bits per heavy atom. The van der Waals surface area contributed by atoms with Gasteiger partial charge in [-0.1, -0.05) is 13.3 Å². The Bertz CT molecular complexity index is 371. The normalized spacial score (nSPS) is 10.3. The van der Waals surface area contributed by atoms with Crippen molar-refractivity contribution in [3.05, 3.63) is 29.8 Å². The van der Waals surface area contributed by atoms with Crippen molar-refractivity contribution in [3.63, 3.8) is 0 Å². The number of aromatic nitrogens is 1. The molecule has 1 rings (SSSR count). The molecule has 0 aliphatic rings. The fourth-order valence-corrected chi connectivity index (χ4v) is 1.54. The Morgan fingerprint density at radius 1 is 1.53 bits per heavy atom. The van der Waals surface area contributed by atoms with Crippen LogP contribution in [0.2, 0.25) is 0 Å². The highest BCUT2D eigenvalue weighted by Gasteiger charge is 2.17. The largest absolute Gasteiger partial charge is 0.337 e. The van der Waals surface area contributed by atoms with Gasteiger partial charge in [0, 0.05) is 25.8 Å². The van der Waals surface area contributed by atoms with Gasteiger partial charge in [0.15, 0.2) is 5.82 Å². The van der Waals surface area contributed by atoms with Gasteiger partial charge in [-0.25, -0.2) is 4.39 Å². The number of carbonyl (C=O) groups excluding carboxylic acids is 1. The molecule has 94 valence electrons. The van der Waals surface area contributed by atoms with Gasteiger partial charge >= 0.3 is 0 Å². The zero-order chi connectivity index (χ0) is 12.7. The molecule has 0 unspecified atom stereocenters. The first-order valence-electron chi connectivity index (χ1n) is 5.79. The number of carbonyl (C=O) groups is 1. The summed E-state index contributed by atoms with van der Waals surface area (Å²) in [6.45, 7) is 3.47. The van der Waals surface area contributed by atoms with Gasteiger partial charge < -0.3 is 10.6 Å². The molecule has 5 heteroatoms. The quantitative estimate of drug-likeness (QED) is 0.816. The highest BCUT2D eigenvalue weighted by molar-refractivity contribution is 5.94. The second-order valence-corrected chi connectivity index (χ2v) is 3.79. The van der Waals surface area contributed by atoms with Crippen LogP contribution in [0.4, 0.5) is 4.39 Å². The Morgan fingerprint density at radius 3 is 2.88 bits per heavy atom. The van der Waals surface area contributed by atoms with E-state index in [1.165, 1.54) is 12.3 Å². The summed E-state index contributed by atoms with van der Waals surface area (Å²) in [6.07, 6.45) is 4.33. The third-order valence-electron chi connectivity index (χ3n) is 2.47. The minimum absolute atomic E-state index is 0.0598. The number of amides is 1. The fraction of sp³-hybridized carbons (Fsp3) is 0.500. The van der Waals surface area contributed by atoms with Crippen LogP contribution in [0.5, 0.6) is 0 Å². The van der Waals surface area contributed by atoms with Crippen LogP contribution < -0.4 is 5.73 Å². The van der Waals surface area contributed by atoms with E-state index in [9.17, 15) is 9.18 Å². The van der Waals surface area contributed by atoms with Gasteiger partial charge in [-0.15, -0.1) is 0 Å². The number of nitrogens with zero attached hydrogens (tertiary/aromatic N) is 2. The third-order valence-corrected chi connectivity index (χ3v) is 2.47. The summed E-state index contributed by atoms with van der Waals surface area (Å²) in [6, 6.07) is 1.40. The maximum absolute atomic E-state index is 13.4. The molecule has 0 bridgehead atoms. The molecule has 17 heavy (non-hydrogen) atoms. The van der Waals surface area contributed by atoms with E-state index in [1.54, 1.807) is 4.90 Å². The van der Waals surface area contributed by atoms with E-state index in [0.717, 1.165) is 19.0 Å². The van der Waals surface area contributed by atoms with Crippen LogP contribution in [-0.2, 0) is 0 Å². The van der Waals surface area contributed by atoms with Gasteiger partial charge in [0.05, 0.1) is 11.8 Å². The summed E-state index contributed by atoms with van der Waals surface area (Å²) < 4.78 is 13.4. The number of hydrogen-bond donors (Lipinski definition) is 1. The van der Waals surface area contributed by atoms with Crippen LogP contribution in [0.25, 0.3) is 0 Å². The van der Waals surface area contributed by atoms with Crippen molar-refractivity contribution in [3.8, 4) is 0 Å². The van der Waals surface area contributed by atoms with Gasteiger partial charge in [-0.05, 0) is 12.5 Å². The Hall–Kier alpha value is -1.49. The van der Waals surface area contributed by atoms with Crippen molar-refractivity contribution >= 4 is 5.91 Å². The molecule has 0 atom stereocenters. The Kier molecular flexibility index (Phi) is 5.56. The second-order valence-electron chi connectivity index (χ2n) is 3.79. The van der Waals surface area contributed by atoms with Gasteiger partial charge in [0.25, 0.3) is 5.91 Å². The van der Waals surface area contributed by atoms with Crippen molar-refractivity contribution < 1.29 is 9.18 Å². The number of pyridine rings is 1. The van der Waals surface area contributed by atoms with E-state index < -0.39 is 5.82 Å². The lowest BCUT2D eigenvalue weighted by atomic mass is 10.2. The lowest BCUT2D eigenvalue weighted by Crippen LogP contribution is -2.36. The van der Waals surface area contributed by atoms with Gasteiger partial charge in [0.1, 0.15) is 0 Å². The zero-order valence-corrected chi connectivity index (χ0v) is 10.0. The van der Waals surface area contributed by atoms with Gasteiger partial charge in [-0.3, -0.25) is 9.78 Å². The smallest absolute Gasteiger partial charge is 0.256 e. The van der Waals surface area contributed by atoms with E-state index in [-0.39, 0.29) is 11.5 Å². The predicted molar refractivity (Wildman–Crippen MR) is 64.1 cm³/mol. The first-order valence-corrected chi connectivity index (χ1v) is 5.79. The van der Waals surface area contributed by atoms with Crippen molar-refractivity contribution in [2.45, 2.75) is 19.8 Å². The van der Waals surface area contributed by atoms with E-state index in [0.29, 0.717) is 19.6 Å². The van der Waals surface area contributed by atoms with E-state index in [1.807, 2.05) is 6.92 Å². The molecule has 0 saturated carbocycles. The maximum atomic E-state index is 13.4. The number of halogens is 1. The van der Waals surface area contributed by atoms with E-state index >= 15 is 0 Å². The molecule has 0 aromatic carbocycles. The summed E-state index contributed by atoms with van der Waals surface area (Å²) in [5, 5.41) is 0. The number of rotatable bonds is 6. The molecule has 2 N–H and O–H groups in total. The minimum atomic E-state index is -0.587. The van der Waals surface area contributed by atoms with Crippen LogP contribution in [0, 0.1) is 5.82 Å². The summed E-state index contributed by atoms with van der Waals surface area (Å²) >= 11 is 0. The molecule has 1 heterocycles. The first kappa shape index (κ1) is 13.6. The average Bonchev–Trinajstić information content (AvgIpc) is 2.34. The molecular weight excluding hydrogens is 221 g/mol. The highest BCUT2D eigenvalue weighted by Crippen LogP contribution is 2.09. The lowest BCUT2D eigenvalue weighted by molar-refractivity contribution is 0.0753. The SMILES string of the molecule is CCCCN(CCN)C(=O)c1ccncc1F. The Labute approximate surface area is 101 Å². The van der Waals surface area contributed by atoms with Crippen LogP contribution in [0.1, 0.15) is 30.1 Å². The predicted octanol–water partition coefficient (Wildman–Crippen LogP) is 1.42. The molecule has 0 radical (unpaired) electrons. The highest BCUT2D eigenvalue weighted by atomic mass is 19.1. The Balaban J connectivity index is 2.80. The maximum Gasteiger partial charge on any atom is 0.256 e. The molecule has 4 nitrogen and oxygen atoms in total. The molecule has 1 aromatic heterocycles. The third kappa shape index (κ3) is 3.78. The average molecular weight is 239 g/mol. The van der Waals surface area contributed by atoms with Crippen molar-refractivity contribution in [1.82, 2.24) is 9.88 Å². The van der Waals surface area contributed by atoms with Gasteiger partial charge in [0.2, 0.25) is 0 Å². The first-order chi connectivity index (χ1) is 8.20.